The molecule has 0 aliphatic rings. The molecule has 0 aliphatic heterocycles. The Morgan fingerprint density at radius 3 is 1.62 bits per heavy atom. The van der Waals surface area contributed by atoms with Crippen molar-refractivity contribution in [1.29, 1.82) is 0 Å². The molecule has 0 amide bonds. The summed E-state index contributed by atoms with van der Waals surface area (Å²) >= 11 is 0. The fourth-order valence-corrected chi connectivity index (χ4v) is 2.20. The molecule has 2 N–H and O–H groups in total. The zero-order valence-corrected chi connectivity index (χ0v) is 11.6. The monoisotopic (exact) mass is 272 g/mol. The highest BCUT2D eigenvalue weighted by molar-refractivity contribution is 6.14. The Labute approximate surface area is 124 Å². The summed E-state index contributed by atoms with van der Waals surface area (Å²) in [6, 6.07) is 28.0. The van der Waals surface area contributed by atoms with Gasteiger partial charge in [0.25, 0.3) is 0 Å². The van der Waals surface area contributed by atoms with Crippen molar-refractivity contribution in [2.45, 2.75) is 0 Å². The largest absolute Gasteiger partial charge is 0.397 e. The fraction of sp³-hybridized carbons (Fsp3) is 0. The topological polar surface area (TPSA) is 38.4 Å². The van der Waals surface area contributed by atoms with Gasteiger partial charge in [0.05, 0.1) is 17.1 Å². The van der Waals surface area contributed by atoms with Crippen LogP contribution in [0.3, 0.4) is 0 Å². The maximum atomic E-state index is 6.02. The number of aliphatic imine (C=N–C) groups is 1. The highest BCUT2D eigenvalue weighted by Gasteiger charge is 2.07. The Morgan fingerprint density at radius 1 is 0.619 bits per heavy atom. The zero-order chi connectivity index (χ0) is 14.5. The summed E-state index contributed by atoms with van der Waals surface area (Å²) in [6.45, 7) is 0. The lowest BCUT2D eigenvalue weighted by molar-refractivity contribution is 1.47. The Bertz CT molecular complexity index is 705. The van der Waals surface area contributed by atoms with Crippen LogP contribution in [0.15, 0.2) is 89.9 Å². The van der Waals surface area contributed by atoms with Crippen molar-refractivity contribution in [2.75, 3.05) is 5.73 Å². The minimum absolute atomic E-state index is 0.682. The molecule has 3 rings (SSSR count). The number of hydrogen-bond donors (Lipinski definition) is 1. The van der Waals surface area contributed by atoms with E-state index >= 15 is 0 Å². The zero-order valence-electron chi connectivity index (χ0n) is 11.6. The number of nitrogens with two attached hydrogens (primary N) is 1. The highest BCUT2D eigenvalue weighted by atomic mass is 14.8. The van der Waals surface area contributed by atoms with Crippen molar-refractivity contribution in [1.82, 2.24) is 0 Å². The van der Waals surface area contributed by atoms with Gasteiger partial charge in [0.2, 0.25) is 0 Å². The summed E-state index contributed by atoms with van der Waals surface area (Å²) in [6.07, 6.45) is 0. The average molecular weight is 272 g/mol. The molecular formula is C19H16N2. The molecule has 3 aromatic carbocycles. The highest BCUT2D eigenvalue weighted by Crippen LogP contribution is 2.23. The van der Waals surface area contributed by atoms with Gasteiger partial charge in [-0.15, -0.1) is 0 Å². The number of benzene rings is 3. The molecule has 3 aromatic rings. The first-order valence-corrected chi connectivity index (χ1v) is 6.88. The van der Waals surface area contributed by atoms with Gasteiger partial charge in [0, 0.05) is 11.1 Å². The molecule has 21 heavy (non-hydrogen) atoms. The minimum atomic E-state index is 0.682. The van der Waals surface area contributed by atoms with Gasteiger partial charge >= 0.3 is 0 Å². The van der Waals surface area contributed by atoms with E-state index in [0.717, 1.165) is 22.5 Å². The van der Waals surface area contributed by atoms with Crippen molar-refractivity contribution < 1.29 is 0 Å². The van der Waals surface area contributed by atoms with Crippen LogP contribution in [0.5, 0.6) is 0 Å². The van der Waals surface area contributed by atoms with E-state index < -0.39 is 0 Å². The lowest BCUT2D eigenvalue weighted by Gasteiger charge is -2.08. The molecule has 0 saturated heterocycles. The lowest BCUT2D eigenvalue weighted by atomic mass is 10.0. The van der Waals surface area contributed by atoms with Gasteiger partial charge in [0.15, 0.2) is 0 Å². The van der Waals surface area contributed by atoms with Crippen LogP contribution >= 0.6 is 0 Å². The van der Waals surface area contributed by atoms with Crippen molar-refractivity contribution in [3.63, 3.8) is 0 Å². The van der Waals surface area contributed by atoms with Gasteiger partial charge in [0.1, 0.15) is 0 Å². The number of hydrogen-bond acceptors (Lipinski definition) is 2. The number of rotatable bonds is 3. The summed E-state index contributed by atoms with van der Waals surface area (Å²) < 4.78 is 0. The van der Waals surface area contributed by atoms with E-state index in [1.807, 2.05) is 60.7 Å². The maximum absolute atomic E-state index is 6.02. The quantitative estimate of drug-likeness (QED) is 0.555. The average Bonchev–Trinajstić information content (AvgIpc) is 2.56. The first-order valence-electron chi connectivity index (χ1n) is 6.88. The van der Waals surface area contributed by atoms with E-state index in [2.05, 4.69) is 24.3 Å². The molecule has 0 aliphatic carbocycles. The second-order valence-electron chi connectivity index (χ2n) is 4.75. The molecule has 2 nitrogen and oxygen atoms in total. The molecule has 0 saturated carbocycles. The smallest absolute Gasteiger partial charge is 0.0866 e. The summed E-state index contributed by atoms with van der Waals surface area (Å²) in [7, 11) is 0. The Kier molecular flexibility index (Phi) is 3.79. The summed E-state index contributed by atoms with van der Waals surface area (Å²) in [5, 5.41) is 0. The molecule has 0 bridgehead atoms. The van der Waals surface area contributed by atoms with E-state index in [1.165, 1.54) is 0 Å². The predicted octanol–water partition coefficient (Wildman–Crippen LogP) is 4.44. The number of para-hydroxylation sites is 2. The SMILES string of the molecule is Nc1ccccc1N=C(c1ccccc1)c1ccccc1. The Morgan fingerprint density at radius 2 is 1.10 bits per heavy atom. The molecule has 102 valence electrons. The molecule has 0 fully saturated rings. The Balaban J connectivity index is 2.16. The van der Waals surface area contributed by atoms with Crippen LogP contribution in [0.1, 0.15) is 11.1 Å². The molecule has 0 atom stereocenters. The second kappa shape index (κ2) is 6.06. The molecule has 2 heteroatoms. The molecule has 0 spiro atoms. The fourth-order valence-electron chi connectivity index (χ4n) is 2.20. The van der Waals surface area contributed by atoms with Gasteiger partial charge in [-0.05, 0) is 12.1 Å². The number of nitrogens with zero attached hydrogens (tertiary/aromatic N) is 1. The molecular weight excluding hydrogens is 256 g/mol. The first-order chi connectivity index (χ1) is 10.3. The molecule has 0 heterocycles. The number of nitrogen functional groups attached to an aromatic ring is 1. The van der Waals surface area contributed by atoms with E-state index in [9.17, 15) is 0 Å². The molecule has 0 unspecified atom stereocenters. The summed E-state index contributed by atoms with van der Waals surface area (Å²) in [4.78, 5) is 4.79. The van der Waals surface area contributed by atoms with Crippen LogP contribution in [0.2, 0.25) is 0 Å². The third-order valence-electron chi connectivity index (χ3n) is 3.26. The normalized spacial score (nSPS) is 10.1. The van der Waals surface area contributed by atoms with E-state index in [0.29, 0.717) is 5.69 Å². The first kappa shape index (κ1) is 13.1. The van der Waals surface area contributed by atoms with Crippen LogP contribution < -0.4 is 5.73 Å². The summed E-state index contributed by atoms with van der Waals surface area (Å²) in [5.41, 5.74) is 10.6. The van der Waals surface area contributed by atoms with Crippen LogP contribution in [0.4, 0.5) is 11.4 Å². The van der Waals surface area contributed by atoms with Gasteiger partial charge in [-0.1, -0.05) is 72.8 Å². The van der Waals surface area contributed by atoms with Gasteiger partial charge < -0.3 is 5.73 Å². The third-order valence-corrected chi connectivity index (χ3v) is 3.26. The van der Waals surface area contributed by atoms with Crippen LogP contribution in [-0.4, -0.2) is 5.71 Å². The van der Waals surface area contributed by atoms with Crippen molar-refractivity contribution in [3.05, 3.63) is 96.1 Å². The van der Waals surface area contributed by atoms with E-state index in [1.54, 1.807) is 0 Å². The third kappa shape index (κ3) is 3.00. The molecule has 0 aromatic heterocycles. The minimum Gasteiger partial charge on any atom is -0.397 e. The van der Waals surface area contributed by atoms with Crippen molar-refractivity contribution in [3.8, 4) is 0 Å². The Hall–Kier alpha value is -2.87. The van der Waals surface area contributed by atoms with E-state index in [-0.39, 0.29) is 0 Å². The lowest BCUT2D eigenvalue weighted by Crippen LogP contribution is -2.03. The van der Waals surface area contributed by atoms with E-state index in [4.69, 9.17) is 10.7 Å². The summed E-state index contributed by atoms with van der Waals surface area (Å²) in [5.74, 6) is 0. The second-order valence-corrected chi connectivity index (χ2v) is 4.75. The van der Waals surface area contributed by atoms with Crippen LogP contribution in [0, 0.1) is 0 Å². The standard InChI is InChI=1S/C19H16N2/c20-17-13-7-8-14-18(17)21-19(15-9-3-1-4-10-15)16-11-5-2-6-12-16/h1-14H,20H2. The van der Waals surface area contributed by atoms with Gasteiger partial charge in [-0.3, -0.25) is 0 Å². The predicted molar refractivity (Wildman–Crippen MR) is 89.0 cm³/mol. The van der Waals surface area contributed by atoms with Crippen LogP contribution in [0.25, 0.3) is 0 Å². The maximum Gasteiger partial charge on any atom is 0.0866 e. The van der Waals surface area contributed by atoms with Crippen molar-refractivity contribution >= 4 is 17.1 Å². The number of anilines is 1. The van der Waals surface area contributed by atoms with Crippen molar-refractivity contribution in [2.24, 2.45) is 4.99 Å². The van der Waals surface area contributed by atoms with Gasteiger partial charge in [-0.25, -0.2) is 4.99 Å². The van der Waals surface area contributed by atoms with Crippen LogP contribution in [-0.2, 0) is 0 Å². The molecule has 0 radical (unpaired) electrons. The van der Waals surface area contributed by atoms with Gasteiger partial charge in [-0.2, -0.15) is 0 Å².